The van der Waals surface area contributed by atoms with Crippen LogP contribution in [-0.2, 0) is 6.54 Å². The van der Waals surface area contributed by atoms with E-state index >= 15 is 0 Å². The Morgan fingerprint density at radius 1 is 1.25 bits per heavy atom. The van der Waals surface area contributed by atoms with Crippen LogP contribution < -0.4 is 4.74 Å². The number of imidazole rings is 1. The highest BCUT2D eigenvalue weighted by Crippen LogP contribution is 2.22. The quantitative estimate of drug-likeness (QED) is 0.726. The van der Waals surface area contributed by atoms with Crippen molar-refractivity contribution >= 4 is 34.9 Å². The van der Waals surface area contributed by atoms with E-state index in [0.717, 1.165) is 27.4 Å². The van der Waals surface area contributed by atoms with Crippen molar-refractivity contribution < 1.29 is 4.74 Å². The first-order valence-electron chi connectivity index (χ1n) is 6.18. The third-order valence-corrected chi connectivity index (χ3v) is 3.77. The number of benzene rings is 2. The Morgan fingerprint density at radius 2 is 2.10 bits per heavy atom. The van der Waals surface area contributed by atoms with Gasteiger partial charge in [0.15, 0.2) is 4.77 Å². The third-order valence-electron chi connectivity index (χ3n) is 3.21. The molecule has 102 valence electrons. The van der Waals surface area contributed by atoms with Gasteiger partial charge < -0.3 is 14.3 Å². The van der Waals surface area contributed by atoms with Crippen LogP contribution in [0.4, 0.5) is 0 Å². The normalized spacial score (nSPS) is 10.9. The van der Waals surface area contributed by atoms with Gasteiger partial charge in [0.25, 0.3) is 0 Å². The van der Waals surface area contributed by atoms with Crippen LogP contribution >= 0.6 is 23.8 Å². The highest BCUT2D eigenvalue weighted by atomic mass is 35.5. The monoisotopic (exact) mass is 304 g/mol. The zero-order valence-electron chi connectivity index (χ0n) is 10.9. The fraction of sp³-hybridized carbons (Fsp3) is 0.133. The second kappa shape index (κ2) is 5.31. The number of hydrogen-bond acceptors (Lipinski definition) is 2. The van der Waals surface area contributed by atoms with Gasteiger partial charge in [-0.1, -0.05) is 23.7 Å². The number of fused-ring (bicyclic) bond motifs is 1. The molecule has 0 aliphatic heterocycles. The number of halogens is 1. The lowest BCUT2D eigenvalue weighted by Gasteiger charge is -2.06. The second-order valence-electron chi connectivity index (χ2n) is 4.53. The smallest absolute Gasteiger partial charge is 0.178 e. The number of nitrogens with zero attached hydrogens (tertiary/aromatic N) is 1. The number of hydrogen-bond donors (Lipinski definition) is 1. The summed E-state index contributed by atoms with van der Waals surface area (Å²) in [4.78, 5) is 3.20. The summed E-state index contributed by atoms with van der Waals surface area (Å²) in [7, 11) is 1.65. The molecule has 0 aliphatic rings. The lowest BCUT2D eigenvalue weighted by Crippen LogP contribution is -1.99. The fourth-order valence-corrected chi connectivity index (χ4v) is 2.73. The molecule has 0 aliphatic carbocycles. The number of aromatic nitrogens is 2. The summed E-state index contributed by atoms with van der Waals surface area (Å²) in [6, 6.07) is 13.7. The van der Waals surface area contributed by atoms with Crippen LogP contribution in [0.3, 0.4) is 0 Å². The second-order valence-corrected chi connectivity index (χ2v) is 5.35. The minimum absolute atomic E-state index is 0.686. The molecule has 0 saturated carbocycles. The minimum Gasteiger partial charge on any atom is -0.497 e. The van der Waals surface area contributed by atoms with Crippen LogP contribution in [0.1, 0.15) is 5.56 Å². The summed E-state index contributed by atoms with van der Waals surface area (Å²) in [5.74, 6) is 0.809. The number of rotatable bonds is 3. The fourth-order valence-electron chi connectivity index (χ4n) is 2.24. The van der Waals surface area contributed by atoms with Gasteiger partial charge in [0.1, 0.15) is 5.75 Å². The molecule has 3 aromatic rings. The molecule has 1 aromatic heterocycles. The van der Waals surface area contributed by atoms with Crippen molar-refractivity contribution in [2.75, 3.05) is 7.11 Å². The first-order chi connectivity index (χ1) is 9.67. The van der Waals surface area contributed by atoms with Crippen LogP contribution in [0, 0.1) is 4.77 Å². The van der Waals surface area contributed by atoms with E-state index in [-0.39, 0.29) is 0 Å². The van der Waals surface area contributed by atoms with Gasteiger partial charge in [-0.05, 0) is 42.0 Å². The maximum atomic E-state index is 6.02. The molecule has 0 amide bonds. The van der Waals surface area contributed by atoms with Crippen LogP contribution in [0.15, 0.2) is 42.5 Å². The van der Waals surface area contributed by atoms with Gasteiger partial charge in [0.2, 0.25) is 0 Å². The largest absolute Gasteiger partial charge is 0.497 e. The van der Waals surface area contributed by atoms with Crippen molar-refractivity contribution in [2.24, 2.45) is 0 Å². The van der Waals surface area contributed by atoms with E-state index < -0.39 is 0 Å². The number of nitrogens with one attached hydrogen (secondary N) is 1. The Balaban J connectivity index is 2.07. The SMILES string of the molecule is COc1ccc2c(c1)[nH]c(=S)n2Cc1cccc(Cl)c1. The van der Waals surface area contributed by atoms with Crippen LogP contribution in [0.5, 0.6) is 5.75 Å². The van der Waals surface area contributed by atoms with Crippen molar-refractivity contribution in [1.29, 1.82) is 0 Å². The molecular formula is C15H13ClN2OS. The molecule has 0 radical (unpaired) electrons. The zero-order valence-corrected chi connectivity index (χ0v) is 12.5. The number of aromatic amines is 1. The summed E-state index contributed by atoms with van der Waals surface area (Å²) in [5.41, 5.74) is 3.14. The first-order valence-corrected chi connectivity index (χ1v) is 6.97. The minimum atomic E-state index is 0.686. The summed E-state index contributed by atoms with van der Waals surface area (Å²) in [6.45, 7) is 0.686. The third kappa shape index (κ3) is 2.44. The number of ether oxygens (including phenoxy) is 1. The Kier molecular flexibility index (Phi) is 3.51. The molecule has 0 fully saturated rings. The molecule has 0 bridgehead atoms. The molecule has 0 atom stereocenters. The Hall–Kier alpha value is -1.78. The molecule has 2 aromatic carbocycles. The van der Waals surface area contributed by atoms with E-state index in [0.29, 0.717) is 11.3 Å². The molecule has 20 heavy (non-hydrogen) atoms. The summed E-state index contributed by atoms with van der Waals surface area (Å²) in [6.07, 6.45) is 0. The number of H-pyrrole nitrogens is 1. The highest BCUT2D eigenvalue weighted by molar-refractivity contribution is 7.71. The highest BCUT2D eigenvalue weighted by Gasteiger charge is 2.06. The van der Waals surface area contributed by atoms with Gasteiger partial charge in [-0.2, -0.15) is 0 Å². The van der Waals surface area contributed by atoms with E-state index in [4.69, 9.17) is 28.6 Å². The molecule has 3 rings (SSSR count). The molecule has 0 saturated heterocycles. The van der Waals surface area contributed by atoms with Gasteiger partial charge in [0.05, 0.1) is 24.7 Å². The van der Waals surface area contributed by atoms with Gasteiger partial charge in [-0.3, -0.25) is 0 Å². The molecular weight excluding hydrogens is 292 g/mol. The summed E-state index contributed by atoms with van der Waals surface area (Å²) < 4.78 is 7.96. The van der Waals surface area contributed by atoms with Crippen LogP contribution in [0.2, 0.25) is 5.02 Å². The predicted octanol–water partition coefficient (Wildman–Crippen LogP) is 4.41. The van der Waals surface area contributed by atoms with Crippen molar-refractivity contribution in [3.63, 3.8) is 0 Å². The molecule has 5 heteroatoms. The average Bonchev–Trinajstić information content (AvgIpc) is 2.74. The van der Waals surface area contributed by atoms with Gasteiger partial charge in [-0.25, -0.2) is 0 Å². The summed E-state index contributed by atoms with van der Waals surface area (Å²) >= 11 is 11.4. The van der Waals surface area contributed by atoms with Gasteiger partial charge >= 0.3 is 0 Å². The predicted molar refractivity (Wildman–Crippen MR) is 84.2 cm³/mol. The topological polar surface area (TPSA) is 29.9 Å². The first kappa shape index (κ1) is 13.2. The van der Waals surface area contributed by atoms with Gasteiger partial charge in [0, 0.05) is 11.1 Å². The van der Waals surface area contributed by atoms with E-state index in [1.807, 2.05) is 42.5 Å². The van der Waals surface area contributed by atoms with Gasteiger partial charge in [-0.15, -0.1) is 0 Å². The maximum Gasteiger partial charge on any atom is 0.178 e. The van der Waals surface area contributed by atoms with Crippen LogP contribution in [-0.4, -0.2) is 16.7 Å². The Morgan fingerprint density at radius 3 is 2.85 bits per heavy atom. The van der Waals surface area contributed by atoms with E-state index in [2.05, 4.69) is 9.55 Å². The lowest BCUT2D eigenvalue weighted by molar-refractivity contribution is 0.415. The Labute approximate surface area is 126 Å². The molecule has 1 N–H and O–H groups in total. The maximum absolute atomic E-state index is 6.02. The Bertz CT molecular complexity index is 822. The number of methoxy groups -OCH3 is 1. The molecule has 1 heterocycles. The molecule has 3 nitrogen and oxygen atoms in total. The van der Waals surface area contributed by atoms with Crippen molar-refractivity contribution in [3.05, 3.63) is 57.8 Å². The zero-order chi connectivity index (χ0) is 14.1. The van der Waals surface area contributed by atoms with E-state index in [1.54, 1.807) is 7.11 Å². The van der Waals surface area contributed by atoms with E-state index in [9.17, 15) is 0 Å². The molecule has 0 unspecified atom stereocenters. The average molecular weight is 305 g/mol. The van der Waals surface area contributed by atoms with Crippen molar-refractivity contribution in [1.82, 2.24) is 9.55 Å². The van der Waals surface area contributed by atoms with E-state index in [1.165, 1.54) is 0 Å². The summed E-state index contributed by atoms with van der Waals surface area (Å²) in [5, 5.41) is 0.732. The van der Waals surface area contributed by atoms with Crippen molar-refractivity contribution in [3.8, 4) is 5.75 Å². The standard InChI is InChI=1S/C15H13ClN2OS/c1-19-12-5-6-14-13(8-12)17-15(20)18(14)9-10-3-2-4-11(16)7-10/h2-8H,9H2,1H3,(H,17,20). The van der Waals surface area contributed by atoms with Crippen molar-refractivity contribution in [2.45, 2.75) is 6.54 Å². The molecule has 0 spiro atoms. The lowest BCUT2D eigenvalue weighted by atomic mass is 10.2. The van der Waals surface area contributed by atoms with Crippen LogP contribution in [0.25, 0.3) is 11.0 Å².